The number of halogens is 1. The molecular formula is C16H15ClN2O3. The van der Waals surface area contributed by atoms with Gasteiger partial charge in [0.15, 0.2) is 6.61 Å². The van der Waals surface area contributed by atoms with Gasteiger partial charge in [0.25, 0.3) is 5.91 Å². The lowest BCUT2D eigenvalue weighted by Crippen LogP contribution is -2.24. The fourth-order valence-electron chi connectivity index (χ4n) is 1.68. The van der Waals surface area contributed by atoms with E-state index in [4.69, 9.17) is 21.1 Å². The Morgan fingerprint density at radius 2 is 1.86 bits per heavy atom. The van der Waals surface area contributed by atoms with Crippen molar-refractivity contribution in [3.05, 3.63) is 59.1 Å². The fraction of sp³-hybridized carbons (Fsp3) is 0.125. The number of benzene rings is 2. The molecule has 2 aromatic rings. The van der Waals surface area contributed by atoms with Crippen molar-refractivity contribution in [2.45, 2.75) is 0 Å². The van der Waals surface area contributed by atoms with Crippen molar-refractivity contribution in [2.75, 3.05) is 13.7 Å². The van der Waals surface area contributed by atoms with E-state index in [2.05, 4.69) is 10.5 Å². The average Bonchev–Trinajstić information content (AvgIpc) is 2.54. The summed E-state index contributed by atoms with van der Waals surface area (Å²) in [6.07, 6.45) is 1.51. The summed E-state index contributed by atoms with van der Waals surface area (Å²) < 4.78 is 10.5. The van der Waals surface area contributed by atoms with Crippen LogP contribution in [0.2, 0.25) is 5.02 Å². The maximum absolute atomic E-state index is 11.6. The quantitative estimate of drug-likeness (QED) is 0.658. The number of amides is 1. The number of ether oxygens (including phenoxy) is 2. The molecule has 1 N–H and O–H groups in total. The molecule has 0 saturated heterocycles. The van der Waals surface area contributed by atoms with Crippen LogP contribution in [0.5, 0.6) is 11.5 Å². The van der Waals surface area contributed by atoms with Crippen molar-refractivity contribution < 1.29 is 14.3 Å². The highest BCUT2D eigenvalue weighted by molar-refractivity contribution is 6.32. The number of nitrogens with one attached hydrogen (secondary N) is 1. The second kappa shape index (κ2) is 8.05. The Morgan fingerprint density at radius 1 is 1.18 bits per heavy atom. The zero-order valence-electron chi connectivity index (χ0n) is 12.0. The number of methoxy groups -OCH3 is 1. The summed E-state index contributed by atoms with van der Waals surface area (Å²) >= 11 is 5.93. The Labute approximate surface area is 133 Å². The predicted molar refractivity (Wildman–Crippen MR) is 85.7 cm³/mol. The van der Waals surface area contributed by atoms with Crippen LogP contribution in [0.4, 0.5) is 0 Å². The molecule has 0 radical (unpaired) electrons. The minimum absolute atomic E-state index is 0.174. The highest BCUT2D eigenvalue weighted by atomic mass is 35.5. The molecular weight excluding hydrogens is 304 g/mol. The van der Waals surface area contributed by atoms with E-state index < -0.39 is 0 Å². The van der Waals surface area contributed by atoms with Gasteiger partial charge in [-0.15, -0.1) is 0 Å². The van der Waals surface area contributed by atoms with Crippen LogP contribution >= 0.6 is 11.6 Å². The molecule has 2 rings (SSSR count). The van der Waals surface area contributed by atoms with Crippen LogP contribution in [-0.4, -0.2) is 25.8 Å². The molecule has 0 atom stereocenters. The van der Waals surface area contributed by atoms with Crippen LogP contribution in [-0.2, 0) is 4.79 Å². The maximum Gasteiger partial charge on any atom is 0.277 e. The first-order chi connectivity index (χ1) is 10.7. The molecule has 5 nitrogen and oxygen atoms in total. The third kappa shape index (κ3) is 4.49. The molecule has 0 aliphatic carbocycles. The van der Waals surface area contributed by atoms with Gasteiger partial charge in [0.2, 0.25) is 0 Å². The molecule has 0 saturated carbocycles. The number of carbonyl (C=O) groups excluding carboxylic acids is 1. The lowest BCUT2D eigenvalue weighted by Gasteiger charge is -2.06. The monoisotopic (exact) mass is 318 g/mol. The Morgan fingerprint density at radius 3 is 2.59 bits per heavy atom. The average molecular weight is 319 g/mol. The van der Waals surface area contributed by atoms with E-state index >= 15 is 0 Å². The molecule has 114 valence electrons. The molecule has 2 aromatic carbocycles. The van der Waals surface area contributed by atoms with Crippen molar-refractivity contribution in [1.29, 1.82) is 0 Å². The Bertz CT molecular complexity index is 674. The van der Waals surface area contributed by atoms with Crippen molar-refractivity contribution in [3.63, 3.8) is 0 Å². The number of nitrogens with zero attached hydrogens (tertiary/aromatic N) is 1. The Balaban J connectivity index is 1.85. The topological polar surface area (TPSA) is 59.9 Å². The fourth-order valence-corrected chi connectivity index (χ4v) is 1.87. The van der Waals surface area contributed by atoms with Gasteiger partial charge < -0.3 is 9.47 Å². The van der Waals surface area contributed by atoms with Crippen LogP contribution in [0.3, 0.4) is 0 Å². The number of rotatable bonds is 6. The van der Waals surface area contributed by atoms with E-state index in [0.29, 0.717) is 16.5 Å². The van der Waals surface area contributed by atoms with Crippen molar-refractivity contribution in [3.8, 4) is 11.5 Å². The highest BCUT2D eigenvalue weighted by Gasteiger charge is 2.04. The van der Waals surface area contributed by atoms with Gasteiger partial charge >= 0.3 is 0 Å². The first kappa shape index (κ1) is 15.9. The van der Waals surface area contributed by atoms with Gasteiger partial charge in [-0.05, 0) is 24.3 Å². The van der Waals surface area contributed by atoms with Gasteiger partial charge in [-0.3, -0.25) is 4.79 Å². The SMILES string of the molecule is COc1ccccc1/C=N\NC(=O)COc1ccccc1Cl. The molecule has 6 heteroatoms. The van der Waals surface area contributed by atoms with E-state index in [0.717, 1.165) is 5.56 Å². The lowest BCUT2D eigenvalue weighted by atomic mass is 10.2. The third-order valence-corrected chi connectivity index (χ3v) is 3.04. The molecule has 0 fully saturated rings. The van der Waals surface area contributed by atoms with E-state index in [1.165, 1.54) is 6.21 Å². The number of hydrogen-bond donors (Lipinski definition) is 1. The Kier molecular flexibility index (Phi) is 5.80. The predicted octanol–water partition coefficient (Wildman–Crippen LogP) is 2.88. The van der Waals surface area contributed by atoms with Crippen LogP contribution in [0.15, 0.2) is 53.6 Å². The first-order valence-corrected chi connectivity index (χ1v) is 6.90. The number of hydrazone groups is 1. The molecule has 1 amide bonds. The van der Waals surface area contributed by atoms with Gasteiger partial charge in [0.05, 0.1) is 18.3 Å². The van der Waals surface area contributed by atoms with Gasteiger partial charge in [0.1, 0.15) is 11.5 Å². The van der Waals surface area contributed by atoms with Crippen LogP contribution in [0.25, 0.3) is 0 Å². The first-order valence-electron chi connectivity index (χ1n) is 6.53. The molecule has 0 aliphatic heterocycles. The zero-order chi connectivity index (χ0) is 15.8. The minimum atomic E-state index is -0.383. The van der Waals surface area contributed by atoms with E-state index in [9.17, 15) is 4.79 Å². The summed E-state index contributed by atoms with van der Waals surface area (Å²) in [5, 5.41) is 4.32. The standard InChI is InChI=1S/C16H15ClN2O3/c1-21-14-8-4-2-6-12(14)10-18-19-16(20)11-22-15-9-5-3-7-13(15)17/h2-10H,11H2,1H3,(H,19,20)/b18-10-. The second-order valence-corrected chi connectivity index (χ2v) is 4.66. The smallest absolute Gasteiger partial charge is 0.277 e. The maximum atomic E-state index is 11.6. The molecule has 0 unspecified atom stereocenters. The molecule has 0 spiro atoms. The van der Waals surface area contributed by atoms with Crippen molar-refractivity contribution in [1.82, 2.24) is 5.43 Å². The summed E-state index contributed by atoms with van der Waals surface area (Å²) in [6.45, 7) is -0.174. The van der Waals surface area contributed by atoms with Gasteiger partial charge in [-0.2, -0.15) is 5.10 Å². The zero-order valence-corrected chi connectivity index (χ0v) is 12.7. The van der Waals surface area contributed by atoms with E-state index in [-0.39, 0.29) is 12.5 Å². The number of para-hydroxylation sites is 2. The van der Waals surface area contributed by atoms with Crippen molar-refractivity contribution >= 4 is 23.7 Å². The van der Waals surface area contributed by atoms with Gasteiger partial charge in [-0.1, -0.05) is 35.9 Å². The third-order valence-electron chi connectivity index (χ3n) is 2.73. The normalized spacial score (nSPS) is 10.5. The summed E-state index contributed by atoms with van der Waals surface area (Å²) in [4.78, 5) is 11.6. The lowest BCUT2D eigenvalue weighted by molar-refractivity contribution is -0.123. The van der Waals surface area contributed by atoms with Crippen LogP contribution in [0.1, 0.15) is 5.56 Å². The van der Waals surface area contributed by atoms with Crippen LogP contribution in [0, 0.1) is 0 Å². The summed E-state index contributed by atoms with van der Waals surface area (Å²) in [7, 11) is 1.57. The molecule has 0 bridgehead atoms. The number of carbonyl (C=O) groups is 1. The largest absolute Gasteiger partial charge is 0.496 e. The second-order valence-electron chi connectivity index (χ2n) is 4.25. The van der Waals surface area contributed by atoms with E-state index in [1.807, 2.05) is 24.3 Å². The molecule has 0 heterocycles. The van der Waals surface area contributed by atoms with Gasteiger partial charge in [-0.25, -0.2) is 5.43 Å². The van der Waals surface area contributed by atoms with Gasteiger partial charge in [0, 0.05) is 5.56 Å². The Hall–Kier alpha value is -2.53. The summed E-state index contributed by atoms with van der Waals surface area (Å²) in [6, 6.07) is 14.3. The van der Waals surface area contributed by atoms with Crippen LogP contribution < -0.4 is 14.9 Å². The number of hydrogen-bond acceptors (Lipinski definition) is 4. The molecule has 0 aliphatic rings. The van der Waals surface area contributed by atoms with Crippen molar-refractivity contribution in [2.24, 2.45) is 5.10 Å². The summed E-state index contributed by atoms with van der Waals surface area (Å²) in [5.74, 6) is 0.743. The molecule has 0 aromatic heterocycles. The van der Waals surface area contributed by atoms with E-state index in [1.54, 1.807) is 31.4 Å². The molecule has 22 heavy (non-hydrogen) atoms. The highest BCUT2D eigenvalue weighted by Crippen LogP contribution is 2.22. The minimum Gasteiger partial charge on any atom is -0.496 e. The summed E-state index contributed by atoms with van der Waals surface area (Å²) in [5.41, 5.74) is 3.14.